The van der Waals surface area contributed by atoms with E-state index in [0.29, 0.717) is 5.02 Å². The van der Waals surface area contributed by atoms with E-state index in [-0.39, 0.29) is 16.5 Å². The number of carboxylic acids is 1. The molecule has 0 radical (unpaired) electrons. The quantitative estimate of drug-likeness (QED) is 0.676. The maximum Gasteiger partial charge on any atom is 0.341 e. The van der Waals surface area contributed by atoms with Gasteiger partial charge in [0.2, 0.25) is 0 Å². The molecule has 3 rings (SSSR count). The number of aliphatic carboxylic acids is 1. The lowest BCUT2D eigenvalue weighted by atomic mass is 10.1. The summed E-state index contributed by atoms with van der Waals surface area (Å²) in [7, 11) is 0. The fraction of sp³-hybridized carbons (Fsp3) is 0.0625. The first-order valence-corrected chi connectivity index (χ1v) is 8.08. The SMILES string of the molecule is O=C(O)COc1cc2cc(-c3ccc(O)cc3)sc2c(Cl)c1Cl. The van der Waals surface area contributed by atoms with Crippen LogP contribution in [-0.4, -0.2) is 22.8 Å². The molecular formula is C16H10Cl2O4S. The Hall–Kier alpha value is -1.95. The Morgan fingerprint density at radius 2 is 1.83 bits per heavy atom. The van der Waals surface area contributed by atoms with Crippen molar-refractivity contribution in [2.75, 3.05) is 6.61 Å². The molecule has 0 saturated carbocycles. The van der Waals surface area contributed by atoms with Crippen LogP contribution in [0.2, 0.25) is 10.0 Å². The van der Waals surface area contributed by atoms with Crippen molar-refractivity contribution in [1.82, 2.24) is 0 Å². The zero-order valence-electron chi connectivity index (χ0n) is 11.5. The molecule has 0 aliphatic carbocycles. The van der Waals surface area contributed by atoms with Crippen LogP contribution in [0.5, 0.6) is 11.5 Å². The Morgan fingerprint density at radius 3 is 2.48 bits per heavy atom. The number of hydrogen-bond donors (Lipinski definition) is 2. The lowest BCUT2D eigenvalue weighted by Crippen LogP contribution is -2.09. The topological polar surface area (TPSA) is 66.8 Å². The number of thiophene rings is 1. The minimum absolute atomic E-state index is 0.194. The minimum Gasteiger partial charge on any atom is -0.508 e. The van der Waals surface area contributed by atoms with Gasteiger partial charge in [0.05, 0.1) is 9.72 Å². The van der Waals surface area contributed by atoms with Crippen LogP contribution in [0.25, 0.3) is 20.5 Å². The van der Waals surface area contributed by atoms with Crippen LogP contribution in [0.15, 0.2) is 36.4 Å². The normalized spacial score (nSPS) is 10.9. The van der Waals surface area contributed by atoms with Crippen molar-refractivity contribution in [3.8, 4) is 21.9 Å². The Balaban J connectivity index is 2.06. The molecule has 1 aromatic heterocycles. The van der Waals surface area contributed by atoms with Crippen molar-refractivity contribution in [2.45, 2.75) is 0 Å². The molecule has 23 heavy (non-hydrogen) atoms. The van der Waals surface area contributed by atoms with Crippen LogP contribution in [-0.2, 0) is 4.79 Å². The summed E-state index contributed by atoms with van der Waals surface area (Å²) in [6.45, 7) is -0.490. The van der Waals surface area contributed by atoms with E-state index in [0.717, 1.165) is 20.5 Å². The molecule has 0 amide bonds. The van der Waals surface area contributed by atoms with Crippen molar-refractivity contribution in [3.05, 3.63) is 46.4 Å². The Bertz CT molecular complexity index is 887. The highest BCUT2D eigenvalue weighted by atomic mass is 35.5. The molecule has 118 valence electrons. The first kappa shape index (κ1) is 15.9. The van der Waals surface area contributed by atoms with Gasteiger partial charge in [-0.25, -0.2) is 4.79 Å². The van der Waals surface area contributed by atoms with Gasteiger partial charge >= 0.3 is 5.97 Å². The van der Waals surface area contributed by atoms with E-state index in [4.69, 9.17) is 33.0 Å². The smallest absolute Gasteiger partial charge is 0.341 e. The molecule has 0 bridgehead atoms. The second kappa shape index (κ2) is 6.28. The number of carboxylic acid groups (broad SMARTS) is 1. The fourth-order valence-corrected chi connectivity index (χ4v) is 3.77. The molecule has 2 aromatic carbocycles. The van der Waals surface area contributed by atoms with E-state index in [1.807, 2.05) is 6.07 Å². The van der Waals surface area contributed by atoms with Gasteiger partial charge in [0.1, 0.15) is 16.5 Å². The zero-order valence-corrected chi connectivity index (χ0v) is 13.9. The highest BCUT2D eigenvalue weighted by molar-refractivity contribution is 7.23. The molecular weight excluding hydrogens is 359 g/mol. The van der Waals surface area contributed by atoms with E-state index in [2.05, 4.69) is 0 Å². The number of fused-ring (bicyclic) bond motifs is 1. The molecule has 2 N–H and O–H groups in total. The van der Waals surface area contributed by atoms with E-state index in [9.17, 15) is 9.90 Å². The van der Waals surface area contributed by atoms with E-state index in [1.165, 1.54) is 11.3 Å². The summed E-state index contributed by atoms with van der Waals surface area (Å²) in [5, 5.41) is 19.4. The van der Waals surface area contributed by atoms with Crippen molar-refractivity contribution < 1.29 is 19.7 Å². The molecule has 4 nitrogen and oxygen atoms in total. The van der Waals surface area contributed by atoms with Crippen LogP contribution < -0.4 is 4.74 Å². The third kappa shape index (κ3) is 3.22. The van der Waals surface area contributed by atoms with Gasteiger partial charge in [0, 0.05) is 4.88 Å². The van der Waals surface area contributed by atoms with E-state index >= 15 is 0 Å². The number of phenols is 1. The molecule has 7 heteroatoms. The second-order valence-electron chi connectivity index (χ2n) is 4.76. The summed E-state index contributed by atoms with van der Waals surface area (Å²) in [5.74, 6) is -0.658. The summed E-state index contributed by atoms with van der Waals surface area (Å²) < 4.78 is 5.97. The maximum atomic E-state index is 10.6. The predicted molar refractivity (Wildman–Crippen MR) is 92.1 cm³/mol. The number of ether oxygens (including phenoxy) is 1. The van der Waals surface area contributed by atoms with Gasteiger partial charge in [-0.3, -0.25) is 0 Å². The molecule has 0 atom stereocenters. The number of aromatic hydroxyl groups is 1. The number of rotatable bonds is 4. The van der Waals surface area contributed by atoms with E-state index < -0.39 is 12.6 Å². The second-order valence-corrected chi connectivity index (χ2v) is 6.57. The molecule has 0 spiro atoms. The van der Waals surface area contributed by atoms with Crippen molar-refractivity contribution in [3.63, 3.8) is 0 Å². The predicted octanol–water partition coefficient (Wildman–Crippen LogP) is 5.04. The van der Waals surface area contributed by atoms with Crippen LogP contribution in [0.1, 0.15) is 0 Å². The first-order chi connectivity index (χ1) is 11.0. The molecule has 3 aromatic rings. The van der Waals surface area contributed by atoms with Crippen molar-refractivity contribution in [2.24, 2.45) is 0 Å². The average molecular weight is 369 g/mol. The van der Waals surface area contributed by atoms with Crippen molar-refractivity contribution >= 4 is 50.6 Å². The highest BCUT2D eigenvalue weighted by Crippen LogP contribution is 2.44. The Labute approximate surface area is 145 Å². The Morgan fingerprint density at radius 1 is 1.13 bits per heavy atom. The van der Waals surface area contributed by atoms with Crippen LogP contribution in [0.4, 0.5) is 0 Å². The lowest BCUT2D eigenvalue weighted by molar-refractivity contribution is -0.139. The van der Waals surface area contributed by atoms with Gasteiger partial charge in [-0.05, 0) is 47.3 Å². The van der Waals surface area contributed by atoms with Gasteiger partial charge in [0.15, 0.2) is 6.61 Å². The molecule has 0 aliphatic rings. The van der Waals surface area contributed by atoms with Gasteiger partial charge in [-0.1, -0.05) is 23.2 Å². The number of carbonyl (C=O) groups is 1. The summed E-state index contributed by atoms with van der Waals surface area (Å²) in [6, 6.07) is 10.4. The Kier molecular flexibility index (Phi) is 4.35. The van der Waals surface area contributed by atoms with E-state index in [1.54, 1.807) is 30.3 Å². The standard InChI is InChI=1S/C16H10Cl2O4S/c17-14-11(22-7-13(20)21)5-9-6-12(23-16(9)15(14)18)8-1-3-10(19)4-2-8/h1-6,19H,7H2,(H,20,21). The van der Waals surface area contributed by atoms with Crippen LogP contribution in [0, 0.1) is 0 Å². The van der Waals surface area contributed by atoms with Gasteiger partial charge in [-0.2, -0.15) is 0 Å². The van der Waals surface area contributed by atoms with Crippen LogP contribution >= 0.6 is 34.5 Å². The maximum absolute atomic E-state index is 10.6. The van der Waals surface area contributed by atoms with Gasteiger partial charge in [0.25, 0.3) is 0 Å². The molecule has 0 saturated heterocycles. The van der Waals surface area contributed by atoms with Gasteiger partial charge < -0.3 is 14.9 Å². The summed E-state index contributed by atoms with van der Waals surface area (Å²) in [4.78, 5) is 11.6. The summed E-state index contributed by atoms with van der Waals surface area (Å²) in [5.41, 5.74) is 0.934. The number of benzene rings is 2. The average Bonchev–Trinajstić information content (AvgIpc) is 2.94. The monoisotopic (exact) mass is 368 g/mol. The molecule has 0 unspecified atom stereocenters. The van der Waals surface area contributed by atoms with Crippen molar-refractivity contribution in [1.29, 1.82) is 0 Å². The molecule has 0 fully saturated rings. The zero-order chi connectivity index (χ0) is 16.6. The fourth-order valence-electron chi connectivity index (χ4n) is 2.11. The lowest BCUT2D eigenvalue weighted by Gasteiger charge is -2.07. The van der Waals surface area contributed by atoms with Crippen LogP contribution in [0.3, 0.4) is 0 Å². The summed E-state index contributed by atoms with van der Waals surface area (Å²) >= 11 is 13.9. The highest BCUT2D eigenvalue weighted by Gasteiger charge is 2.16. The third-order valence-electron chi connectivity index (χ3n) is 3.16. The molecule has 0 aliphatic heterocycles. The summed E-state index contributed by atoms with van der Waals surface area (Å²) in [6.07, 6.45) is 0. The van der Waals surface area contributed by atoms with Gasteiger partial charge in [-0.15, -0.1) is 11.3 Å². The number of phenolic OH excluding ortho intramolecular Hbond substituents is 1. The number of hydrogen-bond acceptors (Lipinski definition) is 4. The minimum atomic E-state index is -1.09. The number of halogens is 2. The largest absolute Gasteiger partial charge is 0.508 e. The third-order valence-corrected chi connectivity index (χ3v) is 5.34. The first-order valence-electron chi connectivity index (χ1n) is 6.51. The molecule has 1 heterocycles.